The van der Waals surface area contributed by atoms with E-state index in [9.17, 15) is 14.4 Å². The number of ether oxygens (including phenoxy) is 2. The minimum atomic E-state index is -0.595. The van der Waals surface area contributed by atoms with Crippen LogP contribution in [0.4, 0.5) is 0 Å². The van der Waals surface area contributed by atoms with Gasteiger partial charge in [0.15, 0.2) is 5.65 Å². The molecule has 10 heteroatoms. The van der Waals surface area contributed by atoms with E-state index in [1.165, 1.54) is 18.2 Å². The van der Waals surface area contributed by atoms with Crippen molar-refractivity contribution in [1.29, 1.82) is 0 Å². The molecule has 0 unspecified atom stereocenters. The Bertz CT molecular complexity index is 908. The van der Waals surface area contributed by atoms with Gasteiger partial charge in [0.2, 0.25) is 5.91 Å². The third kappa shape index (κ3) is 5.29. The summed E-state index contributed by atoms with van der Waals surface area (Å²) in [5, 5.41) is 4.18. The van der Waals surface area contributed by atoms with Crippen molar-refractivity contribution in [2.24, 2.45) is 5.73 Å². The van der Waals surface area contributed by atoms with Crippen LogP contribution < -0.4 is 5.73 Å². The van der Waals surface area contributed by atoms with E-state index in [-0.39, 0.29) is 31.0 Å². The molecule has 2 aromatic rings. The molecule has 2 amide bonds. The number of nitrogens with zero attached hydrogens (tertiary/aromatic N) is 4. The van der Waals surface area contributed by atoms with Gasteiger partial charge in [-0.25, -0.2) is 9.50 Å². The Morgan fingerprint density at radius 3 is 2.62 bits per heavy atom. The van der Waals surface area contributed by atoms with Crippen molar-refractivity contribution < 1.29 is 23.9 Å². The van der Waals surface area contributed by atoms with Crippen LogP contribution in [0.1, 0.15) is 40.7 Å². The van der Waals surface area contributed by atoms with Gasteiger partial charge in [-0.2, -0.15) is 5.10 Å². The lowest BCUT2D eigenvalue weighted by Gasteiger charge is -2.21. The lowest BCUT2D eigenvalue weighted by Crippen LogP contribution is -2.38. The molecule has 0 saturated heterocycles. The monoisotopic (exact) mass is 405 g/mol. The number of carbonyl (C=O) groups excluding carboxylic acids is 3. The molecule has 0 aliphatic rings. The van der Waals surface area contributed by atoms with E-state index in [0.717, 1.165) is 11.3 Å². The molecule has 158 valence electrons. The molecular formula is C19H27N5O5. The number of rotatable bonds is 10. The highest BCUT2D eigenvalue weighted by Crippen LogP contribution is 2.19. The first kappa shape index (κ1) is 22.3. The molecule has 0 bridgehead atoms. The molecule has 0 aliphatic carbocycles. The lowest BCUT2D eigenvalue weighted by molar-refractivity contribution is -0.149. The van der Waals surface area contributed by atoms with E-state index < -0.39 is 11.9 Å². The number of carbonyl (C=O) groups is 3. The Balaban J connectivity index is 2.17. The lowest BCUT2D eigenvalue weighted by atomic mass is 10.1. The molecule has 2 aromatic heterocycles. The Morgan fingerprint density at radius 2 is 2.00 bits per heavy atom. The van der Waals surface area contributed by atoms with E-state index in [0.29, 0.717) is 30.9 Å². The van der Waals surface area contributed by atoms with E-state index >= 15 is 0 Å². The minimum Gasteiger partial charge on any atom is -0.465 e. The van der Waals surface area contributed by atoms with Crippen LogP contribution in [0.5, 0.6) is 0 Å². The number of esters is 1. The molecule has 0 aromatic carbocycles. The third-order valence-corrected chi connectivity index (χ3v) is 4.61. The van der Waals surface area contributed by atoms with Crippen LogP contribution >= 0.6 is 0 Å². The number of methoxy groups -OCH3 is 1. The predicted octanol–water partition coefficient (Wildman–Crippen LogP) is 0.416. The maximum atomic E-state index is 12.7. The van der Waals surface area contributed by atoms with Crippen molar-refractivity contribution in [3.05, 3.63) is 28.7 Å². The molecule has 2 N–H and O–H groups in total. The number of aryl methyl sites for hydroxylation is 2. The predicted molar refractivity (Wildman–Crippen MR) is 104 cm³/mol. The first-order chi connectivity index (χ1) is 13.8. The van der Waals surface area contributed by atoms with Crippen molar-refractivity contribution >= 4 is 23.4 Å². The molecular weight excluding hydrogens is 378 g/mol. The Kier molecular flexibility index (Phi) is 7.66. The van der Waals surface area contributed by atoms with Crippen LogP contribution in [-0.4, -0.2) is 70.7 Å². The van der Waals surface area contributed by atoms with Crippen molar-refractivity contribution in [2.45, 2.75) is 33.6 Å². The van der Waals surface area contributed by atoms with Gasteiger partial charge in [-0.1, -0.05) is 0 Å². The maximum Gasteiger partial charge on any atom is 0.325 e. The van der Waals surface area contributed by atoms with Gasteiger partial charge in [0.1, 0.15) is 12.1 Å². The molecule has 2 rings (SSSR count). The average molecular weight is 405 g/mol. The topological polar surface area (TPSA) is 129 Å². The fourth-order valence-corrected chi connectivity index (χ4v) is 3.09. The molecule has 29 heavy (non-hydrogen) atoms. The molecule has 10 nitrogen and oxygen atoms in total. The zero-order valence-corrected chi connectivity index (χ0v) is 17.2. The number of amides is 2. The Labute approximate surface area is 169 Å². The van der Waals surface area contributed by atoms with Gasteiger partial charge in [0, 0.05) is 31.5 Å². The quantitative estimate of drug-likeness (QED) is 0.567. The highest BCUT2D eigenvalue weighted by molar-refractivity contribution is 5.98. The van der Waals surface area contributed by atoms with E-state index in [1.807, 2.05) is 13.8 Å². The molecule has 0 fully saturated rings. The second-order valence-electron chi connectivity index (χ2n) is 6.53. The zero-order valence-electron chi connectivity index (χ0n) is 17.2. The van der Waals surface area contributed by atoms with Crippen molar-refractivity contribution in [1.82, 2.24) is 19.5 Å². The number of primary amides is 1. The highest BCUT2D eigenvalue weighted by Gasteiger charge is 2.20. The molecule has 2 heterocycles. The zero-order chi connectivity index (χ0) is 21.6. The van der Waals surface area contributed by atoms with Crippen LogP contribution in [0, 0.1) is 13.8 Å². The van der Waals surface area contributed by atoms with E-state index in [4.69, 9.17) is 15.2 Å². The molecule has 0 atom stereocenters. The van der Waals surface area contributed by atoms with Crippen LogP contribution in [0.2, 0.25) is 0 Å². The maximum absolute atomic E-state index is 12.7. The second kappa shape index (κ2) is 9.97. The highest BCUT2D eigenvalue weighted by atomic mass is 16.5. The van der Waals surface area contributed by atoms with Gasteiger partial charge in [-0.3, -0.25) is 14.4 Å². The van der Waals surface area contributed by atoms with Gasteiger partial charge >= 0.3 is 5.97 Å². The second-order valence-corrected chi connectivity index (χ2v) is 6.53. The standard InChI is InChI=1S/C19H27N5O5/c1-5-29-17(26)11-23(8-9-28-4)16(25)7-6-14-12(2)22-19-15(18(20)27)10-21-24(19)13(14)3/h10H,5-9,11H2,1-4H3,(H2,20,27). The summed E-state index contributed by atoms with van der Waals surface area (Å²) >= 11 is 0. The molecule has 0 aliphatic heterocycles. The van der Waals surface area contributed by atoms with Crippen molar-refractivity contribution in [3.8, 4) is 0 Å². The Morgan fingerprint density at radius 1 is 1.28 bits per heavy atom. The fourth-order valence-electron chi connectivity index (χ4n) is 3.09. The molecule has 0 radical (unpaired) electrons. The number of fused-ring (bicyclic) bond motifs is 1. The first-order valence-electron chi connectivity index (χ1n) is 9.36. The first-order valence-corrected chi connectivity index (χ1v) is 9.36. The van der Waals surface area contributed by atoms with Crippen LogP contribution in [0.15, 0.2) is 6.20 Å². The van der Waals surface area contributed by atoms with Crippen LogP contribution in [0.25, 0.3) is 5.65 Å². The van der Waals surface area contributed by atoms with Gasteiger partial charge in [0.05, 0.1) is 19.4 Å². The van der Waals surface area contributed by atoms with Crippen molar-refractivity contribution in [2.75, 3.05) is 33.4 Å². The minimum absolute atomic E-state index is 0.119. The summed E-state index contributed by atoms with van der Waals surface area (Å²) in [7, 11) is 1.53. The van der Waals surface area contributed by atoms with Gasteiger partial charge in [-0.15, -0.1) is 0 Å². The summed E-state index contributed by atoms with van der Waals surface area (Å²) in [6, 6.07) is 0. The van der Waals surface area contributed by atoms with Gasteiger partial charge < -0.3 is 20.1 Å². The Hall–Kier alpha value is -3.01. The molecule has 0 spiro atoms. The third-order valence-electron chi connectivity index (χ3n) is 4.61. The van der Waals surface area contributed by atoms with E-state index in [1.54, 1.807) is 11.4 Å². The SMILES string of the molecule is CCOC(=O)CN(CCOC)C(=O)CCc1c(C)nc2c(C(N)=O)cnn2c1C. The summed E-state index contributed by atoms with van der Waals surface area (Å²) in [5.41, 5.74) is 8.34. The normalized spacial score (nSPS) is 10.9. The van der Waals surface area contributed by atoms with E-state index in [2.05, 4.69) is 10.1 Å². The van der Waals surface area contributed by atoms with Crippen molar-refractivity contribution in [3.63, 3.8) is 0 Å². The summed E-state index contributed by atoms with van der Waals surface area (Å²) in [6.07, 6.45) is 1.98. The van der Waals surface area contributed by atoms with Crippen LogP contribution in [-0.2, 0) is 25.5 Å². The number of hydrogen-bond acceptors (Lipinski definition) is 7. The van der Waals surface area contributed by atoms with Crippen LogP contribution in [0.3, 0.4) is 0 Å². The van der Waals surface area contributed by atoms with Gasteiger partial charge in [-0.05, 0) is 32.8 Å². The largest absolute Gasteiger partial charge is 0.465 e. The summed E-state index contributed by atoms with van der Waals surface area (Å²) < 4.78 is 11.5. The number of aromatic nitrogens is 3. The number of hydrogen-bond donors (Lipinski definition) is 1. The average Bonchev–Trinajstić information content (AvgIpc) is 3.09. The van der Waals surface area contributed by atoms with Gasteiger partial charge in [0.25, 0.3) is 5.91 Å². The fraction of sp³-hybridized carbons (Fsp3) is 0.526. The summed E-state index contributed by atoms with van der Waals surface area (Å²) in [6.45, 7) is 6.13. The molecule has 0 saturated carbocycles. The smallest absolute Gasteiger partial charge is 0.325 e. The number of nitrogens with two attached hydrogens (primary N) is 1. The summed E-state index contributed by atoms with van der Waals surface area (Å²) in [5.74, 6) is -1.24. The summed E-state index contributed by atoms with van der Waals surface area (Å²) in [4.78, 5) is 41.9.